The van der Waals surface area contributed by atoms with Crippen LogP contribution in [0.1, 0.15) is 13.3 Å². The fraction of sp³-hybridized carbons (Fsp3) is 0.273. The number of carbonyl (C=O) groups is 1. The highest BCUT2D eigenvalue weighted by atomic mass is 32.2. The molecule has 1 heterocycles. The van der Waals surface area contributed by atoms with Gasteiger partial charge < -0.3 is 14.0 Å². The Hall–Kier alpha value is -2.91. The maximum absolute atomic E-state index is 12.5. The smallest absolute Gasteiger partial charge is 0.249 e. The topological polar surface area (TPSA) is 87.0 Å². The Kier molecular flexibility index (Phi) is 7.29. The summed E-state index contributed by atoms with van der Waals surface area (Å²) in [6, 6.07) is 11.8. The molecule has 31 heavy (non-hydrogen) atoms. The number of rotatable bonds is 9. The Bertz CT molecular complexity index is 1260. The third-order valence-corrected chi connectivity index (χ3v) is 7.27. The number of benzene rings is 2. The molecule has 0 saturated heterocycles. The Morgan fingerprint density at radius 1 is 1.19 bits per heavy atom. The number of fused-ring (bicyclic) bond motifs is 1. The third-order valence-electron chi connectivity index (χ3n) is 4.50. The first kappa shape index (κ1) is 22.8. The molecular formula is C22H24N2O5S2. The van der Waals surface area contributed by atoms with Crippen LogP contribution in [0.3, 0.4) is 0 Å². The van der Waals surface area contributed by atoms with Crippen LogP contribution < -0.4 is 14.3 Å². The predicted molar refractivity (Wildman–Crippen MR) is 121 cm³/mol. The number of thiazole rings is 1. The molecule has 0 unspecified atom stereocenters. The van der Waals surface area contributed by atoms with Crippen LogP contribution in [0.15, 0.2) is 65.0 Å². The molecule has 0 bridgehead atoms. The number of hydrogen-bond donors (Lipinski definition) is 0. The molecule has 2 aromatic carbocycles. The molecule has 1 amide bonds. The Balaban J connectivity index is 1.83. The summed E-state index contributed by atoms with van der Waals surface area (Å²) < 4.78 is 38.4. The van der Waals surface area contributed by atoms with Gasteiger partial charge in [-0.05, 0) is 49.4 Å². The van der Waals surface area contributed by atoms with Crippen molar-refractivity contribution in [2.75, 3.05) is 19.5 Å². The third kappa shape index (κ3) is 5.42. The zero-order chi connectivity index (χ0) is 22.4. The molecule has 0 aliphatic heterocycles. The van der Waals surface area contributed by atoms with Crippen molar-refractivity contribution in [1.82, 2.24) is 4.57 Å². The molecule has 9 heteroatoms. The van der Waals surface area contributed by atoms with E-state index >= 15 is 0 Å². The fourth-order valence-electron chi connectivity index (χ4n) is 2.99. The predicted octanol–water partition coefficient (Wildman–Crippen LogP) is 3.59. The lowest BCUT2D eigenvalue weighted by atomic mass is 10.3. The van der Waals surface area contributed by atoms with Crippen molar-refractivity contribution >= 4 is 37.3 Å². The molecule has 7 nitrogen and oxygen atoms in total. The highest BCUT2D eigenvalue weighted by Crippen LogP contribution is 2.23. The van der Waals surface area contributed by atoms with Gasteiger partial charge >= 0.3 is 0 Å². The van der Waals surface area contributed by atoms with Gasteiger partial charge in [-0.3, -0.25) is 4.79 Å². The van der Waals surface area contributed by atoms with E-state index in [0.717, 1.165) is 16.0 Å². The van der Waals surface area contributed by atoms with E-state index < -0.39 is 15.7 Å². The standard InChI is InChI=1S/C22H24N2O5S2/c1-4-13-24-19-11-8-17(29-5-2)15-20(19)30-22(24)23-21(25)12-14-31(26,27)18-9-6-16(28-3)7-10-18/h4,6-11,15H,1,5,12-14H2,2-3H3. The second kappa shape index (κ2) is 9.93. The van der Waals surface area contributed by atoms with Crippen LogP contribution in [0.5, 0.6) is 11.5 Å². The van der Waals surface area contributed by atoms with Gasteiger partial charge in [0, 0.05) is 13.0 Å². The monoisotopic (exact) mass is 460 g/mol. The lowest BCUT2D eigenvalue weighted by Gasteiger charge is -2.05. The summed E-state index contributed by atoms with van der Waals surface area (Å²) >= 11 is 1.35. The lowest BCUT2D eigenvalue weighted by Crippen LogP contribution is -2.17. The molecule has 3 rings (SSSR count). The van der Waals surface area contributed by atoms with Crippen LogP contribution in [-0.2, 0) is 21.2 Å². The zero-order valence-electron chi connectivity index (χ0n) is 17.4. The van der Waals surface area contributed by atoms with Crippen molar-refractivity contribution < 1.29 is 22.7 Å². The van der Waals surface area contributed by atoms with Gasteiger partial charge in [-0.25, -0.2) is 8.42 Å². The van der Waals surface area contributed by atoms with Crippen LogP contribution in [0.4, 0.5) is 0 Å². The van der Waals surface area contributed by atoms with Gasteiger partial charge in [0.2, 0.25) is 5.91 Å². The molecule has 0 aliphatic carbocycles. The van der Waals surface area contributed by atoms with Gasteiger partial charge in [-0.2, -0.15) is 4.99 Å². The maximum Gasteiger partial charge on any atom is 0.249 e. The van der Waals surface area contributed by atoms with Crippen molar-refractivity contribution in [3.8, 4) is 11.5 Å². The van der Waals surface area contributed by atoms with E-state index in [1.165, 1.54) is 30.6 Å². The van der Waals surface area contributed by atoms with E-state index in [-0.39, 0.29) is 17.1 Å². The number of hydrogen-bond acceptors (Lipinski definition) is 6. The summed E-state index contributed by atoms with van der Waals surface area (Å²) in [6.07, 6.45) is 1.52. The SMILES string of the molecule is C=CCn1c(=NC(=O)CCS(=O)(=O)c2ccc(OC)cc2)sc2cc(OCC)ccc21. The Morgan fingerprint density at radius 3 is 2.55 bits per heavy atom. The summed E-state index contributed by atoms with van der Waals surface area (Å²) in [5, 5.41) is 0. The minimum Gasteiger partial charge on any atom is -0.497 e. The van der Waals surface area contributed by atoms with Gasteiger partial charge in [0.25, 0.3) is 0 Å². The highest BCUT2D eigenvalue weighted by Gasteiger charge is 2.17. The second-order valence-corrected chi connectivity index (χ2v) is 9.71. The van der Waals surface area contributed by atoms with Crippen molar-refractivity contribution in [1.29, 1.82) is 0 Å². The van der Waals surface area contributed by atoms with Gasteiger partial charge in [-0.15, -0.1) is 6.58 Å². The van der Waals surface area contributed by atoms with Crippen molar-refractivity contribution in [2.45, 2.75) is 24.8 Å². The van der Waals surface area contributed by atoms with E-state index in [2.05, 4.69) is 11.6 Å². The molecule has 0 radical (unpaired) electrons. The number of aromatic nitrogens is 1. The number of methoxy groups -OCH3 is 1. The summed E-state index contributed by atoms with van der Waals surface area (Å²) in [5.74, 6) is 0.494. The van der Waals surface area contributed by atoms with Crippen LogP contribution in [0.2, 0.25) is 0 Å². The summed E-state index contributed by atoms with van der Waals surface area (Å²) in [4.78, 5) is 17.3. The minimum absolute atomic E-state index is 0.146. The number of nitrogens with zero attached hydrogens (tertiary/aromatic N) is 2. The van der Waals surface area contributed by atoms with E-state index in [9.17, 15) is 13.2 Å². The van der Waals surface area contributed by atoms with Crippen molar-refractivity contribution in [3.05, 3.63) is 59.9 Å². The van der Waals surface area contributed by atoms with Crippen LogP contribution >= 0.6 is 11.3 Å². The maximum atomic E-state index is 12.5. The summed E-state index contributed by atoms with van der Waals surface area (Å²) in [5.41, 5.74) is 0.908. The number of ether oxygens (including phenoxy) is 2. The van der Waals surface area contributed by atoms with Gasteiger partial charge in [0.1, 0.15) is 11.5 Å². The molecule has 1 aromatic heterocycles. The molecule has 164 valence electrons. The zero-order valence-corrected chi connectivity index (χ0v) is 19.0. The number of allylic oxidation sites excluding steroid dienone is 1. The molecular weight excluding hydrogens is 436 g/mol. The Labute approximate surface area is 185 Å². The number of sulfone groups is 1. The first-order valence-electron chi connectivity index (χ1n) is 9.69. The largest absolute Gasteiger partial charge is 0.497 e. The molecule has 3 aromatic rings. The minimum atomic E-state index is -3.60. The molecule has 0 fully saturated rings. The van der Waals surface area contributed by atoms with Crippen molar-refractivity contribution in [2.24, 2.45) is 4.99 Å². The van der Waals surface area contributed by atoms with Crippen molar-refractivity contribution in [3.63, 3.8) is 0 Å². The van der Waals surface area contributed by atoms with E-state index in [4.69, 9.17) is 9.47 Å². The van der Waals surface area contributed by atoms with E-state index in [1.54, 1.807) is 18.2 Å². The first-order chi connectivity index (χ1) is 14.9. The summed E-state index contributed by atoms with van der Waals surface area (Å²) in [6.45, 7) is 6.71. The molecule has 0 spiro atoms. The molecule has 0 aliphatic rings. The number of amides is 1. The van der Waals surface area contributed by atoms with E-state index in [0.29, 0.717) is 23.7 Å². The summed E-state index contributed by atoms with van der Waals surface area (Å²) in [7, 11) is -2.09. The van der Waals surface area contributed by atoms with Crippen LogP contribution in [0.25, 0.3) is 10.2 Å². The van der Waals surface area contributed by atoms with Crippen LogP contribution in [0, 0.1) is 0 Å². The average molecular weight is 461 g/mol. The fourth-order valence-corrected chi connectivity index (χ4v) is 5.30. The Morgan fingerprint density at radius 2 is 1.90 bits per heavy atom. The molecule has 0 N–H and O–H groups in total. The van der Waals surface area contributed by atoms with Gasteiger partial charge in [0.05, 0.1) is 34.6 Å². The first-order valence-corrected chi connectivity index (χ1v) is 12.2. The lowest BCUT2D eigenvalue weighted by molar-refractivity contribution is -0.117. The van der Waals surface area contributed by atoms with Gasteiger partial charge in [-0.1, -0.05) is 17.4 Å². The van der Waals surface area contributed by atoms with Crippen LogP contribution in [-0.4, -0.2) is 38.4 Å². The van der Waals surface area contributed by atoms with Gasteiger partial charge in [0.15, 0.2) is 14.6 Å². The molecule has 0 saturated carbocycles. The average Bonchev–Trinajstić information content (AvgIpc) is 3.09. The number of carbonyl (C=O) groups excluding carboxylic acids is 1. The quantitative estimate of drug-likeness (QED) is 0.456. The van der Waals surface area contributed by atoms with E-state index in [1.807, 2.05) is 29.7 Å². The normalized spacial score (nSPS) is 12.1. The second-order valence-electron chi connectivity index (χ2n) is 6.60. The highest BCUT2D eigenvalue weighted by molar-refractivity contribution is 7.91. The molecule has 0 atom stereocenters.